The summed E-state index contributed by atoms with van der Waals surface area (Å²) in [7, 11) is 0. The third kappa shape index (κ3) is 1.93. The lowest BCUT2D eigenvalue weighted by Gasteiger charge is -2.09. The largest absolute Gasteiger partial charge is 0.357 e. The second-order valence-electron chi connectivity index (χ2n) is 4.98. The van der Waals surface area contributed by atoms with Crippen LogP contribution in [0, 0.1) is 5.82 Å². The number of thioether (sulfide) groups is 1. The van der Waals surface area contributed by atoms with Crippen molar-refractivity contribution < 1.29 is 4.39 Å². The third-order valence-electron chi connectivity index (χ3n) is 3.68. The molecule has 3 aromatic rings. The minimum Gasteiger partial charge on any atom is -0.357 e. The van der Waals surface area contributed by atoms with Gasteiger partial charge < -0.3 is 4.98 Å². The Morgan fingerprint density at radius 2 is 1.95 bits per heavy atom. The van der Waals surface area contributed by atoms with Crippen LogP contribution in [-0.2, 0) is 6.42 Å². The molecule has 1 aliphatic heterocycles. The van der Waals surface area contributed by atoms with E-state index in [-0.39, 0.29) is 5.82 Å². The molecule has 20 heavy (non-hydrogen) atoms. The van der Waals surface area contributed by atoms with E-state index in [1.54, 1.807) is 23.9 Å². The van der Waals surface area contributed by atoms with Crippen molar-refractivity contribution in [2.24, 2.45) is 0 Å². The van der Waals surface area contributed by atoms with Gasteiger partial charge >= 0.3 is 0 Å². The van der Waals surface area contributed by atoms with Gasteiger partial charge in [0.15, 0.2) is 0 Å². The topological polar surface area (TPSA) is 15.8 Å². The lowest BCUT2D eigenvalue weighted by molar-refractivity contribution is 0.629. The van der Waals surface area contributed by atoms with Gasteiger partial charge in [-0.1, -0.05) is 23.7 Å². The zero-order chi connectivity index (χ0) is 13.7. The fourth-order valence-electron chi connectivity index (χ4n) is 2.71. The summed E-state index contributed by atoms with van der Waals surface area (Å²) in [6, 6.07) is 12.9. The van der Waals surface area contributed by atoms with E-state index in [0.717, 1.165) is 22.3 Å². The van der Waals surface area contributed by atoms with Crippen LogP contribution in [0.4, 0.5) is 4.39 Å². The van der Waals surface area contributed by atoms with Gasteiger partial charge in [-0.05, 0) is 35.9 Å². The van der Waals surface area contributed by atoms with Crippen LogP contribution in [-0.4, -0.2) is 4.98 Å². The van der Waals surface area contributed by atoms with Gasteiger partial charge in [0.05, 0.1) is 0 Å². The fraction of sp³-hybridized carbons (Fsp3) is 0.125. The summed E-state index contributed by atoms with van der Waals surface area (Å²) < 4.78 is 13.4. The molecule has 1 aliphatic rings. The quantitative estimate of drug-likeness (QED) is 0.640. The Labute approximate surface area is 125 Å². The van der Waals surface area contributed by atoms with Crippen LogP contribution in [0.5, 0.6) is 0 Å². The standard InChI is InChI=1S/C16H11ClFNS/c17-10-3-1-9(2-4-10)15-8-14-16(20-15)12-7-11(18)5-6-13(12)19-14/h1-7,15,19H,8H2. The van der Waals surface area contributed by atoms with Crippen molar-refractivity contribution >= 4 is 34.3 Å². The molecule has 100 valence electrons. The molecule has 0 saturated carbocycles. The predicted molar refractivity (Wildman–Crippen MR) is 82.0 cm³/mol. The molecule has 0 fully saturated rings. The average Bonchev–Trinajstić information content (AvgIpc) is 2.98. The second-order valence-corrected chi connectivity index (χ2v) is 6.63. The van der Waals surface area contributed by atoms with Crippen LogP contribution in [0.3, 0.4) is 0 Å². The number of nitrogens with one attached hydrogen (secondary N) is 1. The number of rotatable bonds is 1. The number of fused-ring (bicyclic) bond motifs is 3. The number of aromatic nitrogens is 1. The summed E-state index contributed by atoms with van der Waals surface area (Å²) in [5.74, 6) is -0.185. The summed E-state index contributed by atoms with van der Waals surface area (Å²) >= 11 is 7.73. The van der Waals surface area contributed by atoms with E-state index in [9.17, 15) is 4.39 Å². The Bertz CT molecular complexity index is 794. The molecular formula is C16H11ClFNS. The van der Waals surface area contributed by atoms with Crippen molar-refractivity contribution in [2.45, 2.75) is 16.6 Å². The van der Waals surface area contributed by atoms with Crippen molar-refractivity contribution in [1.29, 1.82) is 0 Å². The molecule has 2 heterocycles. The first-order valence-corrected chi connectivity index (χ1v) is 7.69. The van der Waals surface area contributed by atoms with Gasteiger partial charge in [0.2, 0.25) is 0 Å². The van der Waals surface area contributed by atoms with Gasteiger partial charge in [0, 0.05) is 38.2 Å². The summed E-state index contributed by atoms with van der Waals surface area (Å²) in [5, 5.41) is 2.12. The lowest BCUT2D eigenvalue weighted by atomic mass is 10.1. The molecule has 1 unspecified atom stereocenters. The highest BCUT2D eigenvalue weighted by Gasteiger charge is 2.27. The average molecular weight is 304 g/mol. The molecule has 0 amide bonds. The van der Waals surface area contributed by atoms with Crippen molar-refractivity contribution in [3.05, 3.63) is 64.6 Å². The first kappa shape index (κ1) is 12.3. The number of halogens is 2. The van der Waals surface area contributed by atoms with Crippen molar-refractivity contribution in [3.8, 4) is 0 Å². The molecule has 0 bridgehead atoms. The normalized spacial score (nSPS) is 17.6. The maximum Gasteiger partial charge on any atom is 0.123 e. The van der Waals surface area contributed by atoms with E-state index < -0.39 is 0 Å². The van der Waals surface area contributed by atoms with E-state index in [0.29, 0.717) is 5.25 Å². The van der Waals surface area contributed by atoms with Crippen LogP contribution in [0.25, 0.3) is 10.9 Å². The Balaban J connectivity index is 1.73. The Hall–Kier alpha value is -1.45. The number of hydrogen-bond acceptors (Lipinski definition) is 1. The Morgan fingerprint density at radius 1 is 1.15 bits per heavy atom. The molecule has 0 radical (unpaired) electrons. The van der Waals surface area contributed by atoms with Crippen LogP contribution in [0.15, 0.2) is 47.4 Å². The van der Waals surface area contributed by atoms with Crippen LogP contribution in [0.2, 0.25) is 5.02 Å². The first-order valence-electron chi connectivity index (χ1n) is 6.43. The summed E-state index contributed by atoms with van der Waals surface area (Å²) in [6.45, 7) is 0. The zero-order valence-electron chi connectivity index (χ0n) is 10.5. The highest BCUT2D eigenvalue weighted by Crippen LogP contribution is 2.49. The molecule has 4 heteroatoms. The number of H-pyrrole nitrogens is 1. The van der Waals surface area contributed by atoms with Gasteiger partial charge in [-0.25, -0.2) is 4.39 Å². The van der Waals surface area contributed by atoms with Crippen LogP contribution < -0.4 is 0 Å². The van der Waals surface area contributed by atoms with Crippen molar-refractivity contribution in [1.82, 2.24) is 4.98 Å². The molecule has 4 rings (SSSR count). The van der Waals surface area contributed by atoms with E-state index in [1.165, 1.54) is 22.2 Å². The molecule has 1 nitrogen and oxygen atoms in total. The molecule has 0 aliphatic carbocycles. The maximum absolute atomic E-state index is 13.4. The fourth-order valence-corrected chi connectivity index (χ4v) is 4.23. The van der Waals surface area contributed by atoms with Gasteiger partial charge in [-0.15, -0.1) is 11.8 Å². The molecule has 2 aromatic carbocycles. The molecule has 1 N–H and O–H groups in total. The maximum atomic E-state index is 13.4. The third-order valence-corrected chi connectivity index (χ3v) is 5.35. The van der Waals surface area contributed by atoms with Crippen LogP contribution >= 0.6 is 23.4 Å². The minimum atomic E-state index is -0.185. The van der Waals surface area contributed by atoms with Gasteiger partial charge in [-0.2, -0.15) is 0 Å². The number of hydrogen-bond donors (Lipinski definition) is 1. The summed E-state index contributed by atoms with van der Waals surface area (Å²) in [6.07, 6.45) is 0.942. The van der Waals surface area contributed by atoms with Gasteiger partial charge in [0.1, 0.15) is 5.82 Å². The SMILES string of the molecule is Fc1ccc2[nH]c3c(c2c1)SC(c1ccc(Cl)cc1)C3. The van der Waals surface area contributed by atoms with E-state index in [2.05, 4.69) is 17.1 Å². The first-order chi connectivity index (χ1) is 9.70. The molecule has 1 atom stereocenters. The highest BCUT2D eigenvalue weighted by molar-refractivity contribution is 8.00. The second kappa shape index (κ2) is 4.54. The lowest BCUT2D eigenvalue weighted by Crippen LogP contribution is -1.93. The van der Waals surface area contributed by atoms with Crippen molar-refractivity contribution in [2.75, 3.05) is 0 Å². The minimum absolute atomic E-state index is 0.185. The molecule has 0 saturated heterocycles. The number of benzene rings is 2. The van der Waals surface area contributed by atoms with Crippen molar-refractivity contribution in [3.63, 3.8) is 0 Å². The van der Waals surface area contributed by atoms with Gasteiger partial charge in [-0.3, -0.25) is 0 Å². The number of aromatic amines is 1. The highest BCUT2D eigenvalue weighted by atomic mass is 35.5. The Morgan fingerprint density at radius 3 is 2.75 bits per heavy atom. The monoisotopic (exact) mass is 303 g/mol. The predicted octanol–water partition coefficient (Wildman–Crippen LogP) is 5.35. The van der Waals surface area contributed by atoms with E-state index in [4.69, 9.17) is 11.6 Å². The molecule has 1 aromatic heterocycles. The zero-order valence-corrected chi connectivity index (χ0v) is 12.1. The summed E-state index contributed by atoms with van der Waals surface area (Å²) in [4.78, 5) is 4.58. The molecule has 0 spiro atoms. The molecular weight excluding hydrogens is 293 g/mol. The van der Waals surface area contributed by atoms with E-state index >= 15 is 0 Å². The van der Waals surface area contributed by atoms with E-state index in [1.807, 2.05) is 12.1 Å². The summed E-state index contributed by atoms with van der Waals surface area (Å²) in [5.41, 5.74) is 3.47. The smallest absolute Gasteiger partial charge is 0.123 e. The van der Waals surface area contributed by atoms with Crippen LogP contribution in [0.1, 0.15) is 16.5 Å². The Kier molecular flexibility index (Phi) is 2.79. The van der Waals surface area contributed by atoms with Gasteiger partial charge in [0.25, 0.3) is 0 Å².